The van der Waals surface area contributed by atoms with E-state index in [9.17, 15) is 18.0 Å². The zero-order valence-corrected chi connectivity index (χ0v) is 15.8. The second-order valence-electron chi connectivity index (χ2n) is 5.04. The van der Waals surface area contributed by atoms with E-state index in [0.29, 0.717) is 15.1 Å². The molecule has 24 heavy (non-hydrogen) atoms. The molecule has 0 spiro atoms. The van der Waals surface area contributed by atoms with Gasteiger partial charge in [-0.05, 0) is 54.6 Å². The molecule has 2 aromatic rings. The molecule has 1 aromatic carbocycles. The second-order valence-corrected chi connectivity index (χ2v) is 7.18. The van der Waals surface area contributed by atoms with Crippen molar-refractivity contribution in [2.45, 2.75) is 25.8 Å². The van der Waals surface area contributed by atoms with E-state index >= 15 is 0 Å². The molecule has 0 radical (unpaired) electrons. The minimum Gasteiger partial charge on any atom is -0.361 e. The van der Waals surface area contributed by atoms with Crippen molar-refractivity contribution < 1.29 is 22.5 Å². The first kappa shape index (κ1) is 19.1. The van der Waals surface area contributed by atoms with E-state index in [1.54, 1.807) is 6.92 Å². The standard InChI is InChI=1S/C15H14F3IN2O2S/c1-8-11(9(2)23-21-8)6-24-7-14(22)20-13-5-10(15(16,17)18)3-4-12(13)19/h3-5H,6-7H2,1-2H3,(H,20,22). The van der Waals surface area contributed by atoms with Gasteiger partial charge in [0.15, 0.2) is 0 Å². The summed E-state index contributed by atoms with van der Waals surface area (Å²) in [6, 6.07) is 3.26. The van der Waals surface area contributed by atoms with Gasteiger partial charge in [-0.2, -0.15) is 13.2 Å². The van der Waals surface area contributed by atoms with E-state index in [1.165, 1.54) is 17.8 Å². The van der Waals surface area contributed by atoms with E-state index in [0.717, 1.165) is 23.4 Å². The Kier molecular flexibility index (Phi) is 6.18. The summed E-state index contributed by atoms with van der Waals surface area (Å²) in [5, 5.41) is 6.36. The topological polar surface area (TPSA) is 55.1 Å². The van der Waals surface area contributed by atoms with Gasteiger partial charge in [-0.3, -0.25) is 4.79 Å². The quantitative estimate of drug-likeness (QED) is 0.639. The number of hydrogen-bond acceptors (Lipinski definition) is 4. The van der Waals surface area contributed by atoms with Gasteiger partial charge < -0.3 is 9.84 Å². The van der Waals surface area contributed by atoms with Gasteiger partial charge in [0.25, 0.3) is 0 Å². The molecule has 1 heterocycles. The third-order valence-corrected chi connectivity index (χ3v) is 5.13. The van der Waals surface area contributed by atoms with Crippen LogP contribution in [0.2, 0.25) is 0 Å². The van der Waals surface area contributed by atoms with Crippen LogP contribution < -0.4 is 5.32 Å². The van der Waals surface area contributed by atoms with E-state index in [-0.39, 0.29) is 17.3 Å². The average molecular weight is 470 g/mol. The Bertz CT molecular complexity index is 727. The normalized spacial score (nSPS) is 11.6. The summed E-state index contributed by atoms with van der Waals surface area (Å²) >= 11 is 3.23. The van der Waals surface area contributed by atoms with Crippen LogP contribution in [0.4, 0.5) is 18.9 Å². The number of aromatic nitrogens is 1. The number of alkyl halides is 3. The number of carbonyl (C=O) groups is 1. The molecule has 0 saturated carbocycles. The summed E-state index contributed by atoms with van der Waals surface area (Å²) in [6.07, 6.45) is -4.44. The highest BCUT2D eigenvalue weighted by atomic mass is 127. The smallest absolute Gasteiger partial charge is 0.361 e. The van der Waals surface area contributed by atoms with Crippen molar-refractivity contribution in [2.24, 2.45) is 0 Å². The number of halogens is 4. The Morgan fingerprint density at radius 2 is 2.08 bits per heavy atom. The minimum absolute atomic E-state index is 0.121. The monoisotopic (exact) mass is 470 g/mol. The lowest BCUT2D eigenvalue weighted by Crippen LogP contribution is -2.16. The third kappa shape index (κ3) is 4.88. The number of benzene rings is 1. The van der Waals surface area contributed by atoms with Crippen LogP contribution in [0.25, 0.3) is 0 Å². The highest BCUT2D eigenvalue weighted by molar-refractivity contribution is 14.1. The second kappa shape index (κ2) is 7.77. The van der Waals surface area contributed by atoms with Crippen LogP contribution in [0.15, 0.2) is 22.7 Å². The maximum atomic E-state index is 12.7. The van der Waals surface area contributed by atoms with Gasteiger partial charge in [-0.15, -0.1) is 11.8 Å². The molecule has 1 N–H and O–H groups in total. The molecular weight excluding hydrogens is 456 g/mol. The van der Waals surface area contributed by atoms with Crippen molar-refractivity contribution in [1.82, 2.24) is 5.16 Å². The van der Waals surface area contributed by atoms with E-state index in [1.807, 2.05) is 29.5 Å². The number of rotatable bonds is 5. The van der Waals surface area contributed by atoms with Crippen LogP contribution in [-0.4, -0.2) is 16.8 Å². The Hall–Kier alpha value is -1.23. The maximum absolute atomic E-state index is 12.7. The molecule has 0 bridgehead atoms. The molecule has 4 nitrogen and oxygen atoms in total. The number of thioether (sulfide) groups is 1. The van der Waals surface area contributed by atoms with Crippen molar-refractivity contribution in [3.8, 4) is 0 Å². The number of anilines is 1. The predicted octanol–water partition coefficient (Wildman–Crippen LogP) is 4.79. The first-order valence-corrected chi connectivity index (χ1v) is 9.08. The fourth-order valence-electron chi connectivity index (χ4n) is 1.94. The van der Waals surface area contributed by atoms with Crippen molar-refractivity contribution >= 4 is 45.9 Å². The third-order valence-electron chi connectivity index (χ3n) is 3.23. The molecule has 0 aliphatic heterocycles. The molecule has 1 amide bonds. The number of nitrogens with zero attached hydrogens (tertiary/aromatic N) is 1. The van der Waals surface area contributed by atoms with Gasteiger partial charge in [0, 0.05) is 14.9 Å². The molecule has 0 atom stereocenters. The van der Waals surface area contributed by atoms with Gasteiger partial charge in [0.2, 0.25) is 5.91 Å². The molecule has 1 aromatic heterocycles. The largest absolute Gasteiger partial charge is 0.416 e. The first-order chi connectivity index (χ1) is 11.2. The lowest BCUT2D eigenvalue weighted by atomic mass is 10.2. The van der Waals surface area contributed by atoms with Crippen molar-refractivity contribution in [3.05, 3.63) is 44.4 Å². The van der Waals surface area contributed by atoms with Gasteiger partial charge in [-0.1, -0.05) is 5.16 Å². The van der Waals surface area contributed by atoms with Gasteiger partial charge in [0.1, 0.15) is 5.76 Å². The van der Waals surface area contributed by atoms with Crippen LogP contribution in [0.1, 0.15) is 22.6 Å². The van der Waals surface area contributed by atoms with Crippen LogP contribution in [0.3, 0.4) is 0 Å². The fourth-order valence-corrected chi connectivity index (χ4v) is 3.38. The summed E-state index contributed by atoms with van der Waals surface area (Å²) in [4.78, 5) is 12.0. The number of nitrogens with one attached hydrogen (secondary N) is 1. The SMILES string of the molecule is Cc1noc(C)c1CSCC(=O)Nc1cc(C(F)(F)F)ccc1I. The van der Waals surface area contributed by atoms with Gasteiger partial charge in [-0.25, -0.2) is 0 Å². The van der Waals surface area contributed by atoms with Crippen molar-refractivity contribution in [3.63, 3.8) is 0 Å². The number of amides is 1. The summed E-state index contributed by atoms with van der Waals surface area (Å²) in [7, 11) is 0. The molecule has 2 rings (SSSR count). The predicted molar refractivity (Wildman–Crippen MR) is 94.9 cm³/mol. The highest BCUT2D eigenvalue weighted by Gasteiger charge is 2.31. The van der Waals surface area contributed by atoms with E-state index in [4.69, 9.17) is 4.52 Å². The van der Waals surface area contributed by atoms with Gasteiger partial charge >= 0.3 is 6.18 Å². The lowest BCUT2D eigenvalue weighted by molar-refractivity contribution is -0.137. The van der Waals surface area contributed by atoms with Crippen LogP contribution >= 0.6 is 34.4 Å². The summed E-state index contributed by atoms with van der Waals surface area (Å²) < 4.78 is 43.8. The van der Waals surface area contributed by atoms with E-state index in [2.05, 4.69) is 10.5 Å². The highest BCUT2D eigenvalue weighted by Crippen LogP contribution is 2.32. The molecule has 0 saturated heterocycles. The Balaban J connectivity index is 1.95. The Labute approximate surface area is 154 Å². The van der Waals surface area contributed by atoms with E-state index < -0.39 is 11.7 Å². The Morgan fingerprint density at radius 3 is 2.67 bits per heavy atom. The van der Waals surface area contributed by atoms with Gasteiger partial charge in [0.05, 0.1) is 22.7 Å². The number of aryl methyl sites for hydroxylation is 2. The zero-order valence-electron chi connectivity index (χ0n) is 12.8. The molecule has 0 unspecified atom stereocenters. The molecule has 130 valence electrons. The fraction of sp³-hybridized carbons (Fsp3) is 0.333. The molecule has 0 aliphatic carbocycles. The lowest BCUT2D eigenvalue weighted by Gasteiger charge is -2.11. The summed E-state index contributed by atoms with van der Waals surface area (Å²) in [5.41, 5.74) is 1.07. The summed E-state index contributed by atoms with van der Waals surface area (Å²) in [5.74, 6) is 1.02. The van der Waals surface area contributed by atoms with Crippen LogP contribution in [0.5, 0.6) is 0 Å². The molecular formula is C15H14F3IN2O2S. The molecule has 0 aliphatic rings. The molecule has 9 heteroatoms. The van der Waals surface area contributed by atoms with Crippen LogP contribution in [-0.2, 0) is 16.7 Å². The zero-order chi connectivity index (χ0) is 17.9. The maximum Gasteiger partial charge on any atom is 0.416 e. The summed E-state index contributed by atoms with van der Waals surface area (Å²) in [6.45, 7) is 3.61. The first-order valence-electron chi connectivity index (χ1n) is 6.84. The van der Waals surface area contributed by atoms with Crippen LogP contribution in [0, 0.1) is 17.4 Å². The van der Waals surface area contributed by atoms with Crippen molar-refractivity contribution in [2.75, 3.05) is 11.1 Å². The average Bonchev–Trinajstić information content (AvgIpc) is 2.80. The Morgan fingerprint density at radius 1 is 1.38 bits per heavy atom. The minimum atomic E-state index is -4.44. The van der Waals surface area contributed by atoms with Crippen molar-refractivity contribution in [1.29, 1.82) is 0 Å². The number of carbonyl (C=O) groups excluding carboxylic acids is 1. The number of hydrogen-bond donors (Lipinski definition) is 1. The molecule has 0 fully saturated rings.